The zero-order valence-electron chi connectivity index (χ0n) is 12.7. The molecule has 1 aliphatic heterocycles. The summed E-state index contributed by atoms with van der Waals surface area (Å²) in [6.07, 6.45) is 6.49. The Labute approximate surface area is 132 Å². The molecule has 0 radical (unpaired) electrons. The smallest absolute Gasteiger partial charge is 0.408 e. The van der Waals surface area contributed by atoms with Crippen molar-refractivity contribution in [3.63, 3.8) is 0 Å². The molecular formula is C16H18N2O5. The van der Waals surface area contributed by atoms with Crippen molar-refractivity contribution < 1.29 is 14.1 Å². The molecule has 2 aliphatic rings. The average molecular weight is 318 g/mol. The summed E-state index contributed by atoms with van der Waals surface area (Å²) in [5.41, 5.74) is 0.779. The first-order valence-electron chi connectivity index (χ1n) is 8.02. The predicted octanol–water partition coefficient (Wildman–Crippen LogP) is 2.99. The number of rotatable bonds is 3. The van der Waals surface area contributed by atoms with Crippen molar-refractivity contribution in [2.24, 2.45) is 0 Å². The van der Waals surface area contributed by atoms with Gasteiger partial charge in [0.05, 0.1) is 28.7 Å². The molecule has 7 heteroatoms. The number of fused-ring (bicyclic) bond motifs is 1. The van der Waals surface area contributed by atoms with Crippen LogP contribution in [-0.4, -0.2) is 21.2 Å². The van der Waals surface area contributed by atoms with Crippen LogP contribution in [0.2, 0.25) is 0 Å². The molecule has 1 unspecified atom stereocenters. The fourth-order valence-corrected chi connectivity index (χ4v) is 3.95. The number of non-ortho nitro benzene ring substituents is 1. The summed E-state index contributed by atoms with van der Waals surface area (Å²) < 4.78 is 12.9. The lowest BCUT2D eigenvalue weighted by molar-refractivity contribution is -0.384. The van der Waals surface area contributed by atoms with Crippen LogP contribution in [0.25, 0.3) is 11.1 Å². The van der Waals surface area contributed by atoms with Crippen LogP contribution in [0.5, 0.6) is 0 Å². The summed E-state index contributed by atoms with van der Waals surface area (Å²) >= 11 is 0. The van der Waals surface area contributed by atoms with E-state index in [9.17, 15) is 14.9 Å². The van der Waals surface area contributed by atoms with E-state index < -0.39 is 10.7 Å². The molecule has 2 fully saturated rings. The van der Waals surface area contributed by atoms with Crippen molar-refractivity contribution in [3.05, 3.63) is 38.9 Å². The first kappa shape index (κ1) is 14.4. The molecule has 1 aliphatic carbocycles. The number of nitro groups is 1. The number of oxazole rings is 1. The second-order valence-corrected chi connectivity index (χ2v) is 6.56. The minimum Gasteiger partial charge on any atom is -0.408 e. The Hall–Kier alpha value is -2.15. The number of nitro benzene ring substituents is 1. The number of hydrogen-bond acceptors (Lipinski definition) is 5. The Bertz CT molecular complexity index is 815. The summed E-state index contributed by atoms with van der Waals surface area (Å²) in [6.45, 7) is 0.384. The van der Waals surface area contributed by atoms with Crippen LogP contribution in [-0.2, 0) is 11.3 Å². The summed E-state index contributed by atoms with van der Waals surface area (Å²) in [7, 11) is 0. The summed E-state index contributed by atoms with van der Waals surface area (Å²) in [6, 6.07) is 4.20. The van der Waals surface area contributed by atoms with Gasteiger partial charge >= 0.3 is 5.76 Å². The molecule has 122 valence electrons. The molecule has 1 aromatic carbocycles. The Morgan fingerprint density at radius 1 is 1.30 bits per heavy atom. The lowest BCUT2D eigenvalue weighted by atomic mass is 9.98. The van der Waals surface area contributed by atoms with Gasteiger partial charge in [0.2, 0.25) is 0 Å². The van der Waals surface area contributed by atoms with Gasteiger partial charge in [0.1, 0.15) is 0 Å². The van der Waals surface area contributed by atoms with Crippen molar-refractivity contribution in [1.29, 1.82) is 0 Å². The molecule has 2 heterocycles. The van der Waals surface area contributed by atoms with Crippen LogP contribution < -0.4 is 5.76 Å². The van der Waals surface area contributed by atoms with Crippen molar-refractivity contribution in [3.8, 4) is 0 Å². The number of nitrogens with zero attached hydrogens (tertiary/aromatic N) is 2. The second kappa shape index (κ2) is 5.19. The second-order valence-electron chi connectivity index (χ2n) is 6.56. The Morgan fingerprint density at radius 2 is 2.09 bits per heavy atom. The highest BCUT2D eigenvalue weighted by Gasteiger charge is 2.42. The zero-order valence-corrected chi connectivity index (χ0v) is 12.7. The molecule has 2 aromatic rings. The Balaban J connectivity index is 1.63. The van der Waals surface area contributed by atoms with Gasteiger partial charge in [0.25, 0.3) is 5.69 Å². The average Bonchev–Trinajstić information content (AvgIpc) is 3.22. The molecule has 1 spiro atoms. The van der Waals surface area contributed by atoms with Gasteiger partial charge in [0, 0.05) is 12.1 Å². The topological polar surface area (TPSA) is 87.5 Å². The van der Waals surface area contributed by atoms with Gasteiger partial charge in [0.15, 0.2) is 5.58 Å². The molecule has 0 bridgehead atoms. The predicted molar refractivity (Wildman–Crippen MR) is 82.4 cm³/mol. The van der Waals surface area contributed by atoms with E-state index in [4.69, 9.17) is 9.15 Å². The molecule has 1 atom stereocenters. The van der Waals surface area contributed by atoms with E-state index in [1.807, 2.05) is 0 Å². The molecule has 1 saturated carbocycles. The summed E-state index contributed by atoms with van der Waals surface area (Å²) in [4.78, 5) is 22.6. The van der Waals surface area contributed by atoms with E-state index in [2.05, 4.69) is 0 Å². The lowest BCUT2D eigenvalue weighted by Crippen LogP contribution is -2.28. The van der Waals surface area contributed by atoms with Crippen molar-refractivity contribution in [2.45, 2.75) is 56.8 Å². The van der Waals surface area contributed by atoms with Crippen molar-refractivity contribution >= 4 is 16.8 Å². The van der Waals surface area contributed by atoms with Gasteiger partial charge < -0.3 is 9.15 Å². The first-order valence-corrected chi connectivity index (χ1v) is 8.02. The highest BCUT2D eigenvalue weighted by atomic mass is 16.6. The summed E-state index contributed by atoms with van der Waals surface area (Å²) in [5.74, 6) is -0.489. The molecule has 0 N–H and O–H groups in total. The van der Waals surface area contributed by atoms with Gasteiger partial charge in [-0.1, -0.05) is 12.8 Å². The molecule has 1 saturated heterocycles. The highest BCUT2D eigenvalue weighted by Crippen LogP contribution is 2.43. The number of aromatic nitrogens is 1. The highest BCUT2D eigenvalue weighted by molar-refractivity contribution is 5.75. The maximum Gasteiger partial charge on any atom is 0.420 e. The van der Waals surface area contributed by atoms with Crippen molar-refractivity contribution in [1.82, 2.24) is 4.57 Å². The molecular weight excluding hydrogens is 300 g/mol. The van der Waals surface area contributed by atoms with Crippen LogP contribution in [0.15, 0.2) is 27.4 Å². The monoisotopic (exact) mass is 318 g/mol. The van der Waals surface area contributed by atoms with Gasteiger partial charge in [-0.25, -0.2) is 4.79 Å². The standard InChI is InChI=1S/C16H18N2O5/c19-15-17(10-12-5-8-16(23-12)6-1-2-7-16)13-9-11(18(20)21)3-4-14(13)22-15/h3-4,9,12H,1-2,5-8,10H2. The third-order valence-corrected chi connectivity index (χ3v) is 5.10. The van der Waals surface area contributed by atoms with Gasteiger partial charge in [-0.15, -0.1) is 0 Å². The fourth-order valence-electron chi connectivity index (χ4n) is 3.95. The van der Waals surface area contributed by atoms with E-state index in [-0.39, 0.29) is 17.4 Å². The quantitative estimate of drug-likeness (QED) is 0.641. The molecule has 1 aromatic heterocycles. The van der Waals surface area contributed by atoms with E-state index in [1.165, 1.54) is 35.6 Å². The number of benzene rings is 1. The van der Waals surface area contributed by atoms with Crippen LogP contribution in [0.4, 0.5) is 5.69 Å². The van der Waals surface area contributed by atoms with Crippen LogP contribution in [0.3, 0.4) is 0 Å². The zero-order chi connectivity index (χ0) is 16.0. The van der Waals surface area contributed by atoms with E-state index >= 15 is 0 Å². The van der Waals surface area contributed by atoms with Crippen molar-refractivity contribution in [2.75, 3.05) is 0 Å². The SMILES string of the molecule is O=c1oc2ccc([N+](=O)[O-])cc2n1CC1CCC2(CCCC2)O1. The number of hydrogen-bond donors (Lipinski definition) is 0. The van der Waals surface area contributed by atoms with Crippen LogP contribution in [0, 0.1) is 10.1 Å². The van der Waals surface area contributed by atoms with Gasteiger partial charge in [-0.2, -0.15) is 0 Å². The maximum absolute atomic E-state index is 12.1. The van der Waals surface area contributed by atoms with Crippen LogP contribution in [0.1, 0.15) is 38.5 Å². The Kier molecular flexibility index (Phi) is 3.26. The maximum atomic E-state index is 12.1. The van der Waals surface area contributed by atoms with Gasteiger partial charge in [-0.3, -0.25) is 14.7 Å². The van der Waals surface area contributed by atoms with E-state index in [0.717, 1.165) is 25.7 Å². The Morgan fingerprint density at radius 3 is 2.83 bits per heavy atom. The van der Waals surface area contributed by atoms with E-state index in [0.29, 0.717) is 17.6 Å². The third-order valence-electron chi connectivity index (χ3n) is 5.10. The molecule has 0 amide bonds. The number of ether oxygens (including phenoxy) is 1. The lowest BCUT2D eigenvalue weighted by Gasteiger charge is -2.23. The fraction of sp³-hybridized carbons (Fsp3) is 0.562. The summed E-state index contributed by atoms with van der Waals surface area (Å²) in [5, 5.41) is 10.9. The van der Waals surface area contributed by atoms with E-state index in [1.54, 1.807) is 0 Å². The first-order chi connectivity index (χ1) is 11.1. The normalized spacial score (nSPS) is 23.0. The third kappa shape index (κ3) is 2.45. The minimum absolute atomic E-state index is 0.000188. The minimum atomic E-state index is -0.489. The van der Waals surface area contributed by atoms with Gasteiger partial charge in [-0.05, 0) is 31.7 Å². The van der Waals surface area contributed by atoms with Crippen LogP contribution >= 0.6 is 0 Å². The molecule has 7 nitrogen and oxygen atoms in total. The largest absolute Gasteiger partial charge is 0.420 e. The molecule has 23 heavy (non-hydrogen) atoms. The molecule has 4 rings (SSSR count).